The molecule has 0 unspecified atom stereocenters. The highest BCUT2D eigenvalue weighted by Gasteiger charge is 2.26. The van der Waals surface area contributed by atoms with Gasteiger partial charge in [-0.2, -0.15) is 4.31 Å². The van der Waals surface area contributed by atoms with Crippen LogP contribution in [0, 0.1) is 0 Å². The highest BCUT2D eigenvalue weighted by atomic mass is 32.2. The molecule has 0 aromatic heterocycles. The molecular formula is C25H26N2O4S. The summed E-state index contributed by atoms with van der Waals surface area (Å²) in [4.78, 5) is 13.4. The van der Waals surface area contributed by atoms with E-state index in [0.29, 0.717) is 32.8 Å². The van der Waals surface area contributed by atoms with E-state index < -0.39 is 15.9 Å². The molecule has 6 nitrogen and oxygen atoms in total. The molecule has 1 aliphatic rings. The largest absolute Gasteiger partial charge is 0.379 e. The van der Waals surface area contributed by atoms with Crippen molar-refractivity contribution in [1.29, 1.82) is 0 Å². The molecule has 166 valence electrons. The number of hydrogen-bond acceptors (Lipinski definition) is 4. The van der Waals surface area contributed by atoms with Gasteiger partial charge in [-0.1, -0.05) is 72.8 Å². The van der Waals surface area contributed by atoms with Gasteiger partial charge in [0.25, 0.3) is 0 Å². The van der Waals surface area contributed by atoms with Gasteiger partial charge >= 0.3 is 0 Å². The third-order valence-electron chi connectivity index (χ3n) is 5.53. The third-order valence-corrected chi connectivity index (χ3v) is 7.44. The van der Waals surface area contributed by atoms with Crippen LogP contribution in [0.25, 0.3) is 0 Å². The number of hydrogen-bond donors (Lipinski definition) is 1. The van der Waals surface area contributed by atoms with Crippen molar-refractivity contribution in [2.45, 2.75) is 17.4 Å². The van der Waals surface area contributed by atoms with Gasteiger partial charge in [0.2, 0.25) is 15.9 Å². The first-order valence-corrected chi connectivity index (χ1v) is 12.0. The van der Waals surface area contributed by atoms with Gasteiger partial charge in [0, 0.05) is 19.6 Å². The molecule has 0 spiro atoms. The maximum absolute atomic E-state index is 13.1. The average Bonchev–Trinajstić information content (AvgIpc) is 2.85. The Morgan fingerprint density at radius 2 is 1.38 bits per heavy atom. The highest BCUT2D eigenvalue weighted by molar-refractivity contribution is 7.89. The number of benzene rings is 3. The van der Waals surface area contributed by atoms with Gasteiger partial charge in [-0.05, 0) is 28.8 Å². The molecule has 1 fully saturated rings. The van der Waals surface area contributed by atoms with E-state index in [1.807, 2.05) is 60.7 Å². The first kappa shape index (κ1) is 22.2. The lowest BCUT2D eigenvalue weighted by Gasteiger charge is -2.26. The van der Waals surface area contributed by atoms with E-state index in [9.17, 15) is 13.2 Å². The number of sulfonamides is 1. The molecule has 1 aliphatic heterocycles. The summed E-state index contributed by atoms with van der Waals surface area (Å²) >= 11 is 0. The number of amides is 1. The van der Waals surface area contributed by atoms with Crippen LogP contribution in [0.2, 0.25) is 0 Å². The summed E-state index contributed by atoms with van der Waals surface area (Å²) in [6, 6.07) is 26.0. The molecule has 1 heterocycles. The van der Waals surface area contributed by atoms with Crippen LogP contribution in [0.15, 0.2) is 89.8 Å². The third kappa shape index (κ3) is 5.07. The lowest BCUT2D eigenvalue weighted by molar-refractivity contribution is -0.121. The number of carbonyl (C=O) groups is 1. The molecule has 0 atom stereocenters. The SMILES string of the molecule is O=C(NCc1ccc(S(=O)(=O)N2CCOCC2)cc1)C(c1ccccc1)c1ccccc1. The molecule has 4 rings (SSSR count). The van der Waals surface area contributed by atoms with Crippen molar-refractivity contribution in [1.82, 2.24) is 9.62 Å². The van der Waals surface area contributed by atoms with Gasteiger partial charge in [-0.25, -0.2) is 8.42 Å². The van der Waals surface area contributed by atoms with Gasteiger partial charge in [-0.15, -0.1) is 0 Å². The van der Waals surface area contributed by atoms with Gasteiger partial charge < -0.3 is 10.1 Å². The lowest BCUT2D eigenvalue weighted by Crippen LogP contribution is -2.40. The molecule has 3 aromatic rings. The van der Waals surface area contributed by atoms with E-state index in [1.165, 1.54) is 4.31 Å². The summed E-state index contributed by atoms with van der Waals surface area (Å²) in [5.41, 5.74) is 2.67. The zero-order valence-corrected chi connectivity index (χ0v) is 18.5. The van der Waals surface area contributed by atoms with E-state index in [-0.39, 0.29) is 10.8 Å². The molecule has 0 radical (unpaired) electrons. The number of nitrogens with zero attached hydrogens (tertiary/aromatic N) is 1. The van der Waals surface area contributed by atoms with Crippen LogP contribution < -0.4 is 5.32 Å². The van der Waals surface area contributed by atoms with Gasteiger partial charge in [0.05, 0.1) is 24.0 Å². The van der Waals surface area contributed by atoms with Crippen molar-refractivity contribution < 1.29 is 17.9 Å². The molecule has 1 amide bonds. The van der Waals surface area contributed by atoms with Gasteiger partial charge in [0.15, 0.2) is 0 Å². The Hall–Kier alpha value is -3.00. The Kier molecular flexibility index (Phi) is 6.99. The van der Waals surface area contributed by atoms with Crippen LogP contribution >= 0.6 is 0 Å². The Morgan fingerprint density at radius 3 is 1.91 bits per heavy atom. The summed E-state index contributed by atoms with van der Waals surface area (Å²) in [5.74, 6) is -0.522. The maximum atomic E-state index is 13.1. The number of rotatable bonds is 7. The van der Waals surface area contributed by atoms with Crippen LogP contribution in [-0.2, 0) is 26.1 Å². The Morgan fingerprint density at radius 1 is 0.844 bits per heavy atom. The minimum atomic E-state index is -3.53. The second kappa shape index (κ2) is 10.1. The van der Waals surface area contributed by atoms with E-state index in [0.717, 1.165) is 16.7 Å². The van der Waals surface area contributed by atoms with E-state index >= 15 is 0 Å². The van der Waals surface area contributed by atoms with E-state index in [1.54, 1.807) is 24.3 Å². The van der Waals surface area contributed by atoms with Crippen molar-refractivity contribution in [2.75, 3.05) is 26.3 Å². The fourth-order valence-corrected chi connectivity index (χ4v) is 5.20. The Bertz CT molecular complexity index is 1090. The minimum absolute atomic E-state index is 0.104. The normalized spacial score (nSPS) is 14.9. The topological polar surface area (TPSA) is 75.7 Å². The lowest BCUT2D eigenvalue weighted by atomic mass is 9.90. The second-order valence-corrected chi connectivity index (χ2v) is 9.57. The first-order valence-electron chi connectivity index (χ1n) is 10.6. The van der Waals surface area contributed by atoms with Crippen molar-refractivity contribution in [2.24, 2.45) is 0 Å². The summed E-state index contributed by atoms with van der Waals surface area (Å²) in [6.07, 6.45) is 0. The van der Waals surface area contributed by atoms with Crippen molar-refractivity contribution in [3.05, 3.63) is 102 Å². The van der Waals surface area contributed by atoms with Crippen LogP contribution in [0.4, 0.5) is 0 Å². The van der Waals surface area contributed by atoms with Crippen LogP contribution in [0.3, 0.4) is 0 Å². The zero-order valence-electron chi connectivity index (χ0n) is 17.7. The summed E-state index contributed by atoms with van der Waals surface area (Å²) in [5, 5.41) is 3.00. The second-order valence-electron chi connectivity index (χ2n) is 7.63. The molecule has 1 N–H and O–H groups in total. The summed E-state index contributed by atoms with van der Waals surface area (Å²) in [7, 11) is -3.53. The standard InChI is InChI=1S/C25H26N2O4S/c28-25(24(21-7-3-1-4-8-21)22-9-5-2-6-10-22)26-19-20-11-13-23(14-12-20)32(29,30)27-15-17-31-18-16-27/h1-14,24H,15-19H2,(H,26,28). The van der Waals surface area contributed by atoms with E-state index in [2.05, 4.69) is 5.32 Å². The van der Waals surface area contributed by atoms with Crippen LogP contribution in [0.1, 0.15) is 22.6 Å². The number of carbonyl (C=O) groups excluding carboxylic acids is 1. The molecule has 0 bridgehead atoms. The van der Waals surface area contributed by atoms with E-state index in [4.69, 9.17) is 4.74 Å². The number of nitrogens with one attached hydrogen (secondary N) is 1. The smallest absolute Gasteiger partial charge is 0.243 e. The molecule has 1 saturated heterocycles. The fraction of sp³-hybridized carbons (Fsp3) is 0.240. The fourth-order valence-electron chi connectivity index (χ4n) is 3.79. The summed E-state index contributed by atoms with van der Waals surface area (Å²) in [6.45, 7) is 1.86. The predicted octanol–water partition coefficient (Wildman–Crippen LogP) is 3.16. The van der Waals surface area contributed by atoms with Crippen LogP contribution in [0.5, 0.6) is 0 Å². The molecular weight excluding hydrogens is 424 g/mol. The highest BCUT2D eigenvalue weighted by Crippen LogP contribution is 2.25. The van der Waals surface area contributed by atoms with Crippen molar-refractivity contribution in [3.63, 3.8) is 0 Å². The molecule has 3 aromatic carbocycles. The van der Waals surface area contributed by atoms with Crippen molar-refractivity contribution in [3.8, 4) is 0 Å². The van der Waals surface area contributed by atoms with Gasteiger partial charge in [0.1, 0.15) is 0 Å². The molecule has 0 aliphatic carbocycles. The first-order chi connectivity index (χ1) is 15.6. The predicted molar refractivity (Wildman–Crippen MR) is 123 cm³/mol. The Labute approximate surface area is 188 Å². The quantitative estimate of drug-likeness (QED) is 0.600. The monoisotopic (exact) mass is 450 g/mol. The number of morpholine rings is 1. The molecule has 32 heavy (non-hydrogen) atoms. The minimum Gasteiger partial charge on any atom is -0.379 e. The van der Waals surface area contributed by atoms with Crippen molar-refractivity contribution >= 4 is 15.9 Å². The summed E-state index contributed by atoms with van der Waals surface area (Å²) < 4.78 is 32.2. The zero-order chi connectivity index (χ0) is 22.4. The Balaban J connectivity index is 1.46. The maximum Gasteiger partial charge on any atom is 0.243 e. The number of ether oxygens (including phenoxy) is 1. The van der Waals surface area contributed by atoms with Gasteiger partial charge in [-0.3, -0.25) is 4.79 Å². The molecule has 7 heteroatoms. The van der Waals surface area contributed by atoms with Crippen LogP contribution in [-0.4, -0.2) is 44.9 Å². The average molecular weight is 451 g/mol. The molecule has 0 saturated carbocycles.